The van der Waals surface area contributed by atoms with Crippen LogP contribution in [0.5, 0.6) is 11.6 Å². The van der Waals surface area contributed by atoms with Crippen LogP contribution < -0.4 is 15.0 Å². The summed E-state index contributed by atoms with van der Waals surface area (Å²) in [5, 5.41) is 2.32. The average molecular weight is 406 g/mol. The molecule has 0 unspecified atom stereocenters. The van der Waals surface area contributed by atoms with Crippen molar-refractivity contribution in [2.75, 3.05) is 5.73 Å². The molecule has 31 heavy (non-hydrogen) atoms. The monoisotopic (exact) mass is 406 g/mol. The Morgan fingerprint density at radius 3 is 2.55 bits per heavy atom. The summed E-state index contributed by atoms with van der Waals surface area (Å²) in [7, 11) is 0. The summed E-state index contributed by atoms with van der Waals surface area (Å²) in [4.78, 5) is 4.63. The number of fused-ring (bicyclic) bond motifs is 4. The number of hydrogen-bond donors (Lipinski definition) is 1. The van der Waals surface area contributed by atoms with Crippen LogP contribution in [0.25, 0.3) is 10.8 Å². The molecule has 150 valence electrons. The summed E-state index contributed by atoms with van der Waals surface area (Å²) in [6, 6.07) is 26.7. The predicted octanol–water partition coefficient (Wildman–Crippen LogP) is 5.03. The number of nitrogens with two attached hydrogens (primary N) is 1. The Morgan fingerprint density at radius 2 is 1.71 bits per heavy atom. The summed E-state index contributed by atoms with van der Waals surface area (Å²) >= 11 is 0. The third-order valence-corrected chi connectivity index (χ3v) is 5.88. The molecular formula is C26H20N3O2+. The number of furan rings is 1. The lowest BCUT2D eigenvalue weighted by molar-refractivity contribution is -0.679. The van der Waals surface area contributed by atoms with Gasteiger partial charge in [0.25, 0.3) is 0 Å². The Morgan fingerprint density at radius 1 is 0.871 bits per heavy atom. The maximum Gasteiger partial charge on any atom is 0.306 e. The molecule has 0 fully saturated rings. The first kappa shape index (κ1) is 17.7. The number of rotatable bonds is 3. The molecule has 1 atom stereocenters. The van der Waals surface area contributed by atoms with E-state index in [1.165, 1.54) is 5.39 Å². The second-order valence-corrected chi connectivity index (χ2v) is 7.70. The Kier molecular flexibility index (Phi) is 3.99. The van der Waals surface area contributed by atoms with Crippen LogP contribution in [0.15, 0.2) is 95.9 Å². The molecule has 3 heterocycles. The number of ether oxygens (including phenoxy) is 1. The zero-order valence-electron chi connectivity index (χ0n) is 16.7. The molecule has 1 aliphatic rings. The number of nitrogens with zero attached hydrogens (tertiary/aromatic N) is 2. The number of nitrogen functional groups attached to an aromatic ring is 1. The fraction of sp³-hybridized carbons (Fsp3) is 0.0769. The Bertz CT molecular complexity index is 1400. The molecular weight excluding hydrogens is 386 g/mol. The number of aromatic nitrogens is 2. The molecule has 0 aliphatic carbocycles. The van der Waals surface area contributed by atoms with Gasteiger partial charge in [-0.05, 0) is 34.5 Å². The van der Waals surface area contributed by atoms with Gasteiger partial charge in [-0.15, -0.1) is 0 Å². The molecule has 5 heteroatoms. The lowest BCUT2D eigenvalue weighted by atomic mass is 9.81. The van der Waals surface area contributed by atoms with Gasteiger partial charge in [0.15, 0.2) is 0 Å². The molecule has 2 N–H and O–H groups in total. The molecule has 1 aliphatic heterocycles. The largest absolute Gasteiger partial charge is 0.466 e. The fourth-order valence-corrected chi connectivity index (χ4v) is 4.46. The number of anilines is 1. The van der Waals surface area contributed by atoms with Crippen molar-refractivity contribution in [2.24, 2.45) is 0 Å². The van der Waals surface area contributed by atoms with Gasteiger partial charge < -0.3 is 14.9 Å². The predicted molar refractivity (Wildman–Crippen MR) is 118 cm³/mol. The molecule has 0 radical (unpaired) electrons. The van der Waals surface area contributed by atoms with E-state index in [1.54, 1.807) is 12.6 Å². The molecule has 5 nitrogen and oxygen atoms in total. The van der Waals surface area contributed by atoms with Crippen molar-refractivity contribution in [3.63, 3.8) is 0 Å². The highest BCUT2D eigenvalue weighted by Gasteiger charge is 2.37. The van der Waals surface area contributed by atoms with Gasteiger partial charge in [0.1, 0.15) is 23.6 Å². The van der Waals surface area contributed by atoms with E-state index in [2.05, 4.69) is 59.6 Å². The van der Waals surface area contributed by atoms with Crippen LogP contribution in [0, 0.1) is 0 Å². The molecule has 2 aromatic heterocycles. The van der Waals surface area contributed by atoms with Crippen LogP contribution in [-0.2, 0) is 6.54 Å². The van der Waals surface area contributed by atoms with E-state index in [0.29, 0.717) is 18.2 Å². The van der Waals surface area contributed by atoms with E-state index in [0.717, 1.165) is 33.6 Å². The summed E-state index contributed by atoms with van der Waals surface area (Å²) in [5.41, 5.74) is 9.89. The van der Waals surface area contributed by atoms with Gasteiger partial charge in [0.2, 0.25) is 12.1 Å². The smallest absolute Gasteiger partial charge is 0.306 e. The van der Waals surface area contributed by atoms with Crippen molar-refractivity contribution in [1.29, 1.82) is 0 Å². The Hall–Kier alpha value is -4.12. The molecule has 6 rings (SSSR count). The second kappa shape index (κ2) is 6.99. The normalized spacial score (nSPS) is 14.6. The highest BCUT2D eigenvalue weighted by atomic mass is 16.5. The van der Waals surface area contributed by atoms with Crippen LogP contribution in [0.3, 0.4) is 0 Å². The van der Waals surface area contributed by atoms with Gasteiger partial charge in [-0.1, -0.05) is 65.6 Å². The van der Waals surface area contributed by atoms with Crippen molar-refractivity contribution in [1.82, 2.24) is 4.98 Å². The zero-order chi connectivity index (χ0) is 20.8. The number of hydrogen-bond acceptors (Lipinski definition) is 4. The quantitative estimate of drug-likeness (QED) is 0.419. The van der Waals surface area contributed by atoms with Gasteiger partial charge in [-0.25, -0.2) is 4.57 Å². The van der Waals surface area contributed by atoms with E-state index in [4.69, 9.17) is 14.9 Å². The summed E-state index contributed by atoms with van der Waals surface area (Å²) < 4.78 is 13.7. The summed E-state index contributed by atoms with van der Waals surface area (Å²) in [6.07, 6.45) is 3.38. The van der Waals surface area contributed by atoms with Crippen molar-refractivity contribution in [3.05, 3.63) is 114 Å². The molecule has 3 aromatic carbocycles. The minimum absolute atomic E-state index is 0.0948. The highest BCUT2D eigenvalue weighted by Crippen LogP contribution is 2.50. The van der Waals surface area contributed by atoms with E-state index < -0.39 is 0 Å². The standard InChI is InChI=1S/C26H19N3O2/c27-25-24-22(18-8-2-1-3-9-18)23-20-11-5-4-7-17(20)12-13-21(23)31-26(24)28-16-29(25)15-19-10-6-14-30-19/h1-14,16,22,27H,15H2/p+1/t22-/m1/s1. The summed E-state index contributed by atoms with van der Waals surface area (Å²) in [5.74, 6) is 2.70. The van der Waals surface area contributed by atoms with Gasteiger partial charge in [0, 0.05) is 5.56 Å². The van der Waals surface area contributed by atoms with Gasteiger partial charge in [0.05, 0.1) is 12.2 Å². The first-order chi connectivity index (χ1) is 15.3. The van der Waals surface area contributed by atoms with Crippen LogP contribution in [0.1, 0.15) is 28.4 Å². The number of benzene rings is 3. The van der Waals surface area contributed by atoms with Crippen molar-refractivity contribution in [2.45, 2.75) is 12.5 Å². The third kappa shape index (κ3) is 2.86. The SMILES string of the molecule is Nc1c2c(nc[n+]1Cc1ccco1)Oc1ccc3ccccc3c1[C@H]2c1ccccc1. The minimum atomic E-state index is -0.0948. The maximum atomic E-state index is 6.75. The zero-order valence-corrected chi connectivity index (χ0v) is 16.7. The fourth-order valence-electron chi connectivity index (χ4n) is 4.46. The molecule has 0 saturated carbocycles. The van der Waals surface area contributed by atoms with Crippen molar-refractivity contribution in [3.8, 4) is 11.6 Å². The van der Waals surface area contributed by atoms with Crippen LogP contribution in [0.2, 0.25) is 0 Å². The first-order valence-corrected chi connectivity index (χ1v) is 10.2. The lowest BCUT2D eigenvalue weighted by Crippen LogP contribution is -2.40. The third-order valence-electron chi connectivity index (χ3n) is 5.88. The van der Waals surface area contributed by atoms with Crippen LogP contribution in [0.4, 0.5) is 5.82 Å². The van der Waals surface area contributed by atoms with Crippen molar-refractivity contribution >= 4 is 16.6 Å². The minimum Gasteiger partial charge on any atom is -0.466 e. The second-order valence-electron chi connectivity index (χ2n) is 7.70. The Labute approximate surface area is 179 Å². The first-order valence-electron chi connectivity index (χ1n) is 10.2. The van der Waals surface area contributed by atoms with Gasteiger partial charge >= 0.3 is 5.88 Å². The van der Waals surface area contributed by atoms with Gasteiger partial charge in [-0.2, -0.15) is 0 Å². The van der Waals surface area contributed by atoms with E-state index in [1.807, 2.05) is 28.8 Å². The van der Waals surface area contributed by atoms with Gasteiger partial charge in [-0.3, -0.25) is 0 Å². The summed E-state index contributed by atoms with van der Waals surface area (Å²) in [6.45, 7) is 0.503. The van der Waals surface area contributed by atoms with Crippen LogP contribution in [-0.4, -0.2) is 4.98 Å². The lowest BCUT2D eigenvalue weighted by Gasteiger charge is -2.28. The Balaban J connectivity index is 1.62. The van der Waals surface area contributed by atoms with Crippen molar-refractivity contribution < 1.29 is 13.7 Å². The maximum absolute atomic E-state index is 6.75. The van der Waals surface area contributed by atoms with E-state index in [-0.39, 0.29) is 5.92 Å². The van der Waals surface area contributed by atoms with E-state index >= 15 is 0 Å². The average Bonchev–Trinajstić information content (AvgIpc) is 3.33. The van der Waals surface area contributed by atoms with Crippen LogP contribution >= 0.6 is 0 Å². The van der Waals surface area contributed by atoms with E-state index in [9.17, 15) is 0 Å². The molecule has 0 saturated heterocycles. The topological polar surface area (TPSA) is 65.2 Å². The molecule has 5 aromatic rings. The molecule has 0 spiro atoms. The molecule has 0 bridgehead atoms. The molecule has 0 amide bonds. The highest BCUT2D eigenvalue weighted by molar-refractivity contribution is 5.90.